The van der Waals surface area contributed by atoms with Gasteiger partial charge in [0.05, 0.1) is 28.8 Å². The first-order valence-electron chi connectivity index (χ1n) is 6.74. The lowest BCUT2D eigenvalue weighted by Gasteiger charge is -2.13. The van der Waals surface area contributed by atoms with Crippen LogP contribution in [0.5, 0.6) is 5.75 Å². The van der Waals surface area contributed by atoms with E-state index in [0.29, 0.717) is 22.6 Å². The Bertz CT molecular complexity index is 790. The maximum absolute atomic E-state index is 12.5. The van der Waals surface area contributed by atoms with E-state index in [9.17, 15) is 14.9 Å². The Morgan fingerprint density at radius 1 is 1.30 bits per heavy atom. The molecule has 0 radical (unpaired) electrons. The second kappa shape index (κ2) is 6.78. The quantitative estimate of drug-likeness (QED) is 0.637. The minimum Gasteiger partial charge on any atom is -0.496 e. The van der Waals surface area contributed by atoms with E-state index >= 15 is 0 Å². The highest BCUT2D eigenvalue weighted by molar-refractivity contribution is 9.10. The van der Waals surface area contributed by atoms with Gasteiger partial charge in [-0.3, -0.25) is 14.9 Å². The predicted octanol–water partition coefficient (Wildman–Crippen LogP) is 4.24. The molecule has 120 valence electrons. The molecule has 0 saturated heterocycles. The molecule has 0 aliphatic rings. The topological polar surface area (TPSA) is 81.5 Å². The maximum atomic E-state index is 12.5. The van der Waals surface area contributed by atoms with Crippen molar-refractivity contribution < 1.29 is 14.5 Å². The molecule has 0 spiro atoms. The zero-order chi connectivity index (χ0) is 17.1. The monoisotopic (exact) mass is 378 g/mol. The standard InChI is InChI=1S/C16H15BrN2O4/c1-9-7-11(17)8-12(15(9)23-3)16(20)18-13-5-4-6-14(10(13)2)19(21)22/h4-8H,1-3H3,(H,18,20). The van der Waals surface area contributed by atoms with Crippen molar-refractivity contribution in [2.75, 3.05) is 12.4 Å². The molecule has 2 rings (SSSR count). The number of hydrogen-bond acceptors (Lipinski definition) is 4. The van der Waals surface area contributed by atoms with Crippen molar-refractivity contribution in [1.82, 2.24) is 0 Å². The van der Waals surface area contributed by atoms with E-state index in [0.717, 1.165) is 10.0 Å². The van der Waals surface area contributed by atoms with Gasteiger partial charge in [-0.15, -0.1) is 0 Å². The lowest BCUT2D eigenvalue weighted by atomic mass is 10.1. The average Bonchev–Trinajstić information content (AvgIpc) is 2.48. The number of methoxy groups -OCH3 is 1. The van der Waals surface area contributed by atoms with Gasteiger partial charge in [0.2, 0.25) is 0 Å². The van der Waals surface area contributed by atoms with Crippen LogP contribution in [0.15, 0.2) is 34.8 Å². The van der Waals surface area contributed by atoms with Crippen LogP contribution in [-0.2, 0) is 0 Å². The number of nitro groups is 1. The molecule has 1 N–H and O–H groups in total. The largest absolute Gasteiger partial charge is 0.496 e. The fourth-order valence-electron chi connectivity index (χ4n) is 2.32. The summed E-state index contributed by atoms with van der Waals surface area (Å²) >= 11 is 3.35. The summed E-state index contributed by atoms with van der Waals surface area (Å²) in [6.45, 7) is 3.43. The molecule has 0 fully saturated rings. The number of hydrogen-bond donors (Lipinski definition) is 1. The van der Waals surface area contributed by atoms with Crippen LogP contribution in [0.2, 0.25) is 0 Å². The SMILES string of the molecule is COc1c(C)cc(Br)cc1C(=O)Nc1cccc([N+](=O)[O-])c1C. The summed E-state index contributed by atoms with van der Waals surface area (Å²) in [5.74, 6) is 0.0728. The summed E-state index contributed by atoms with van der Waals surface area (Å²) in [6, 6.07) is 8.04. The molecular formula is C16H15BrN2O4. The van der Waals surface area contributed by atoms with Crippen LogP contribution in [0.3, 0.4) is 0 Å². The average molecular weight is 379 g/mol. The summed E-state index contributed by atoms with van der Waals surface area (Å²) in [5, 5.41) is 13.7. The van der Waals surface area contributed by atoms with E-state index in [2.05, 4.69) is 21.2 Å². The van der Waals surface area contributed by atoms with Crippen molar-refractivity contribution >= 4 is 33.2 Å². The van der Waals surface area contributed by atoms with Gasteiger partial charge in [-0.1, -0.05) is 22.0 Å². The van der Waals surface area contributed by atoms with Crippen LogP contribution in [0.25, 0.3) is 0 Å². The number of carbonyl (C=O) groups is 1. The van der Waals surface area contributed by atoms with Crippen LogP contribution < -0.4 is 10.1 Å². The van der Waals surface area contributed by atoms with E-state index in [1.807, 2.05) is 13.0 Å². The third-order valence-corrected chi connectivity index (χ3v) is 3.90. The Morgan fingerprint density at radius 2 is 2.00 bits per heavy atom. The molecule has 23 heavy (non-hydrogen) atoms. The fraction of sp³-hybridized carbons (Fsp3) is 0.188. The zero-order valence-electron chi connectivity index (χ0n) is 12.8. The Balaban J connectivity index is 2.41. The van der Waals surface area contributed by atoms with Crippen molar-refractivity contribution in [3.05, 3.63) is 61.6 Å². The molecule has 0 heterocycles. The molecule has 0 unspecified atom stereocenters. The first-order valence-corrected chi connectivity index (χ1v) is 7.54. The second-order valence-electron chi connectivity index (χ2n) is 4.96. The van der Waals surface area contributed by atoms with Crippen LogP contribution in [-0.4, -0.2) is 17.9 Å². The van der Waals surface area contributed by atoms with Gasteiger partial charge in [0.1, 0.15) is 5.75 Å². The Labute approximate surface area is 141 Å². The molecule has 6 nitrogen and oxygen atoms in total. The van der Waals surface area contributed by atoms with Crippen LogP contribution in [0, 0.1) is 24.0 Å². The van der Waals surface area contributed by atoms with Gasteiger partial charge < -0.3 is 10.1 Å². The van der Waals surface area contributed by atoms with Crippen LogP contribution in [0.1, 0.15) is 21.5 Å². The summed E-state index contributed by atoms with van der Waals surface area (Å²) in [4.78, 5) is 23.1. The van der Waals surface area contributed by atoms with Gasteiger partial charge in [-0.25, -0.2) is 0 Å². The van der Waals surface area contributed by atoms with E-state index < -0.39 is 10.8 Å². The Hall–Kier alpha value is -2.41. The van der Waals surface area contributed by atoms with Crippen molar-refractivity contribution in [2.45, 2.75) is 13.8 Å². The van der Waals surface area contributed by atoms with Crippen molar-refractivity contribution in [3.63, 3.8) is 0 Å². The minimum atomic E-state index is -0.477. The first-order chi connectivity index (χ1) is 10.8. The number of carbonyl (C=O) groups excluding carboxylic acids is 1. The second-order valence-corrected chi connectivity index (χ2v) is 5.88. The van der Waals surface area contributed by atoms with Gasteiger partial charge in [0.25, 0.3) is 11.6 Å². The zero-order valence-corrected chi connectivity index (χ0v) is 14.4. The normalized spacial score (nSPS) is 10.3. The number of ether oxygens (including phenoxy) is 1. The van der Waals surface area contributed by atoms with E-state index in [1.54, 1.807) is 19.1 Å². The summed E-state index contributed by atoms with van der Waals surface area (Å²) in [6.07, 6.45) is 0. The molecule has 2 aromatic rings. The van der Waals surface area contributed by atoms with Gasteiger partial charge in [-0.2, -0.15) is 0 Å². The molecule has 0 aliphatic heterocycles. The number of nitrogens with one attached hydrogen (secondary N) is 1. The summed E-state index contributed by atoms with van der Waals surface area (Å²) < 4.78 is 6.04. The number of rotatable bonds is 4. The molecule has 2 aromatic carbocycles. The highest BCUT2D eigenvalue weighted by Gasteiger charge is 2.19. The molecule has 0 saturated carbocycles. The van der Waals surface area contributed by atoms with Crippen LogP contribution >= 0.6 is 15.9 Å². The van der Waals surface area contributed by atoms with Gasteiger partial charge in [-0.05, 0) is 37.6 Å². The Kier molecular flexibility index (Phi) is 5.00. The van der Waals surface area contributed by atoms with Gasteiger partial charge >= 0.3 is 0 Å². The first kappa shape index (κ1) is 17.0. The van der Waals surface area contributed by atoms with Gasteiger partial charge in [0, 0.05) is 10.5 Å². The van der Waals surface area contributed by atoms with E-state index in [4.69, 9.17) is 4.74 Å². The highest BCUT2D eigenvalue weighted by Crippen LogP contribution is 2.30. The smallest absolute Gasteiger partial charge is 0.274 e. The predicted molar refractivity (Wildman–Crippen MR) is 91.2 cm³/mol. The number of nitro benzene ring substituents is 1. The fourth-order valence-corrected chi connectivity index (χ4v) is 2.89. The molecule has 0 bridgehead atoms. The molecule has 0 atom stereocenters. The number of halogens is 1. The number of amides is 1. The number of nitrogens with zero attached hydrogens (tertiary/aromatic N) is 1. The Morgan fingerprint density at radius 3 is 2.61 bits per heavy atom. The summed E-state index contributed by atoms with van der Waals surface area (Å²) in [5.41, 5.74) is 1.91. The van der Waals surface area contributed by atoms with E-state index in [-0.39, 0.29) is 5.69 Å². The highest BCUT2D eigenvalue weighted by atomic mass is 79.9. The molecule has 0 aliphatic carbocycles. The van der Waals surface area contributed by atoms with Crippen molar-refractivity contribution in [1.29, 1.82) is 0 Å². The molecule has 1 amide bonds. The lowest BCUT2D eigenvalue weighted by molar-refractivity contribution is -0.385. The molecule has 7 heteroatoms. The van der Waals surface area contributed by atoms with Crippen molar-refractivity contribution in [3.8, 4) is 5.75 Å². The maximum Gasteiger partial charge on any atom is 0.274 e. The number of benzene rings is 2. The minimum absolute atomic E-state index is 0.0415. The van der Waals surface area contributed by atoms with Crippen LogP contribution in [0.4, 0.5) is 11.4 Å². The van der Waals surface area contributed by atoms with Crippen molar-refractivity contribution in [2.24, 2.45) is 0 Å². The number of anilines is 1. The molecular weight excluding hydrogens is 364 g/mol. The van der Waals surface area contributed by atoms with Gasteiger partial charge in [0.15, 0.2) is 0 Å². The summed E-state index contributed by atoms with van der Waals surface area (Å²) in [7, 11) is 1.49. The number of aryl methyl sites for hydroxylation is 1. The third-order valence-electron chi connectivity index (χ3n) is 3.44. The molecule has 0 aromatic heterocycles. The lowest BCUT2D eigenvalue weighted by Crippen LogP contribution is -2.15. The third kappa shape index (κ3) is 3.50. The van der Waals surface area contributed by atoms with E-state index in [1.165, 1.54) is 19.2 Å².